The maximum Gasteiger partial charge on any atom is 0.410 e. The van der Waals surface area contributed by atoms with Crippen LogP contribution in [0.25, 0.3) is 27.6 Å². The monoisotopic (exact) mass is 1150 g/mol. The van der Waals surface area contributed by atoms with E-state index in [0.717, 1.165) is 99.0 Å². The second kappa shape index (κ2) is 23.8. The number of aliphatic imine (C=N–C) groups is 1. The van der Waals surface area contributed by atoms with Crippen molar-refractivity contribution in [3.05, 3.63) is 65.0 Å². The minimum absolute atomic E-state index is 0.0457. The highest BCUT2D eigenvalue weighted by Gasteiger charge is 2.50. The van der Waals surface area contributed by atoms with E-state index in [4.69, 9.17) is 19.2 Å². The molecular formula is C64H88F3N9O7. The van der Waals surface area contributed by atoms with Crippen molar-refractivity contribution in [1.82, 2.24) is 39.9 Å². The van der Waals surface area contributed by atoms with Crippen molar-refractivity contribution >= 4 is 46.6 Å². The van der Waals surface area contributed by atoms with Gasteiger partial charge in [0.05, 0.1) is 30.1 Å². The molecule has 2 aromatic carbocycles. The minimum Gasteiger partial charge on any atom is -0.464 e. The summed E-state index contributed by atoms with van der Waals surface area (Å²) in [6.07, 6.45) is 7.31. The molecule has 1 unspecified atom stereocenters. The van der Waals surface area contributed by atoms with Crippen LogP contribution in [0, 0.1) is 16.7 Å². The lowest BCUT2D eigenvalue weighted by Gasteiger charge is -2.46. The zero-order chi connectivity index (χ0) is 58.6. The summed E-state index contributed by atoms with van der Waals surface area (Å²) in [5.41, 5.74) is 6.96. The molecule has 452 valence electrons. The molecule has 7 atom stereocenters. The highest BCUT2D eigenvalue weighted by molar-refractivity contribution is 5.95. The first-order valence-electron chi connectivity index (χ1n) is 30.9. The van der Waals surface area contributed by atoms with Crippen LogP contribution in [0.1, 0.15) is 135 Å². The zero-order valence-corrected chi connectivity index (χ0v) is 50.0. The second-order valence-corrected chi connectivity index (χ2v) is 27.3. The van der Waals surface area contributed by atoms with Crippen molar-refractivity contribution < 1.29 is 46.6 Å². The lowest BCUT2D eigenvalue weighted by atomic mass is 9.83. The summed E-state index contributed by atoms with van der Waals surface area (Å²) in [6, 6.07) is 11.4. The van der Waals surface area contributed by atoms with Crippen molar-refractivity contribution in [3.63, 3.8) is 0 Å². The number of aromatic nitrogens is 1. The highest BCUT2D eigenvalue weighted by atomic mass is 19.4. The van der Waals surface area contributed by atoms with Crippen LogP contribution in [0.3, 0.4) is 0 Å². The Bertz CT molecular complexity index is 2980. The van der Waals surface area contributed by atoms with Gasteiger partial charge in [-0.2, -0.15) is 13.2 Å². The van der Waals surface area contributed by atoms with E-state index in [1.54, 1.807) is 18.1 Å². The van der Waals surface area contributed by atoms with Gasteiger partial charge in [0.2, 0.25) is 5.91 Å². The van der Waals surface area contributed by atoms with Crippen LogP contribution in [0.2, 0.25) is 0 Å². The van der Waals surface area contributed by atoms with E-state index in [2.05, 4.69) is 25.4 Å². The zero-order valence-electron chi connectivity index (χ0n) is 50.0. The molecule has 1 aliphatic carbocycles. The van der Waals surface area contributed by atoms with Gasteiger partial charge in [-0.3, -0.25) is 39.1 Å². The van der Waals surface area contributed by atoms with Crippen molar-refractivity contribution in [2.75, 3.05) is 72.6 Å². The molecule has 1 spiro atoms. The third kappa shape index (κ3) is 13.1. The lowest BCUT2D eigenvalue weighted by Crippen LogP contribution is -2.62. The molecule has 16 nitrogen and oxygen atoms in total. The van der Waals surface area contributed by atoms with Crippen molar-refractivity contribution in [2.24, 2.45) is 21.7 Å². The summed E-state index contributed by atoms with van der Waals surface area (Å²) in [5, 5.41) is 5.44. The van der Waals surface area contributed by atoms with E-state index < -0.39 is 53.9 Å². The molecule has 2 N–H and O–H groups in total. The predicted molar refractivity (Wildman–Crippen MR) is 313 cm³/mol. The summed E-state index contributed by atoms with van der Waals surface area (Å²) in [6.45, 7) is 16.7. The topological polar surface area (TPSA) is 154 Å². The molecule has 1 saturated carbocycles. The van der Waals surface area contributed by atoms with E-state index in [1.165, 1.54) is 22.4 Å². The Morgan fingerprint density at radius 3 is 2.41 bits per heavy atom. The Morgan fingerprint density at radius 2 is 1.64 bits per heavy atom. The first kappa shape index (κ1) is 59.4. The van der Waals surface area contributed by atoms with Crippen LogP contribution in [0.4, 0.5) is 18.0 Å². The van der Waals surface area contributed by atoms with Crippen molar-refractivity contribution in [3.8, 4) is 11.1 Å². The molecule has 8 heterocycles. The van der Waals surface area contributed by atoms with Crippen molar-refractivity contribution in [2.45, 2.75) is 186 Å². The fourth-order valence-corrected chi connectivity index (χ4v) is 15.1. The Balaban J connectivity index is 0.960. The van der Waals surface area contributed by atoms with Gasteiger partial charge >= 0.3 is 18.2 Å². The van der Waals surface area contributed by atoms with Gasteiger partial charge in [0.25, 0.3) is 5.91 Å². The van der Waals surface area contributed by atoms with E-state index >= 15 is 22.8 Å². The number of fused-ring (bicyclic) bond motifs is 7. The highest BCUT2D eigenvalue weighted by Crippen LogP contribution is 2.46. The molecule has 1 aromatic heterocycles. The van der Waals surface area contributed by atoms with E-state index in [-0.39, 0.29) is 54.7 Å². The number of methoxy groups -OCH3 is 1. The number of halogens is 3. The van der Waals surface area contributed by atoms with Crippen LogP contribution in [0.15, 0.2) is 53.2 Å². The average molecular weight is 1150 g/mol. The van der Waals surface area contributed by atoms with Crippen LogP contribution in [-0.4, -0.2) is 180 Å². The normalized spacial score (nSPS) is 27.9. The third-order valence-electron chi connectivity index (χ3n) is 19.4. The number of hydrogen-bond acceptors (Lipinski definition) is 12. The number of ether oxygens (including phenoxy) is 3. The molecule has 8 aliphatic rings. The molecule has 7 aliphatic heterocycles. The number of hydrogen-bond donors (Lipinski definition) is 2. The van der Waals surface area contributed by atoms with Gasteiger partial charge in [0.1, 0.15) is 24.2 Å². The molecule has 19 heteroatoms. The molecular weight excluding hydrogens is 1060 g/mol. The van der Waals surface area contributed by atoms with Crippen LogP contribution in [-0.2, 0) is 48.0 Å². The first-order valence-corrected chi connectivity index (χ1v) is 30.9. The standard InChI is InChI=1S/C64H88F3N9O7/c1-41(81-7)54-49(33-47(35-68-54)72-29-28-71-24-11-10-18-46(71)36-72)56-50-34-62(5,6)40-82-59(79)51-19-13-25-76(70-51)58(78)52(31-42-14-12-17-44(30-42)45-20-21-53(48(50)32-45)75(56)39-64(65,66)67)69-57(77)55(43-15-8-9-16-43)73-26-22-63(37-73)23-27-74(38-63)60(80)83-61(2,3)4/h12,14,17,20-21,30,32,35,41,43,46-47,51-52,55,70H,8-11,13,15-16,18-19,22-29,31,33-34,36-40H2,1-7H3,(H,69,77)/t41-,46+,47?,51-,52-,55-,63-/m0/s1. The van der Waals surface area contributed by atoms with Gasteiger partial charge in [0.15, 0.2) is 0 Å². The number of piperazine rings is 1. The van der Waals surface area contributed by atoms with Crippen LogP contribution < -0.4 is 10.7 Å². The number of hydrazine groups is 1. The maximum absolute atomic E-state index is 15.3. The van der Waals surface area contributed by atoms with Crippen LogP contribution >= 0.6 is 0 Å². The van der Waals surface area contributed by atoms with Gasteiger partial charge in [-0.15, -0.1) is 0 Å². The summed E-state index contributed by atoms with van der Waals surface area (Å²) in [7, 11) is 1.60. The fourth-order valence-electron chi connectivity index (χ4n) is 15.1. The summed E-state index contributed by atoms with van der Waals surface area (Å²) >= 11 is 0. The Labute approximate surface area is 487 Å². The van der Waals surface area contributed by atoms with Gasteiger partial charge < -0.3 is 29.0 Å². The summed E-state index contributed by atoms with van der Waals surface area (Å²) in [4.78, 5) is 72.2. The molecule has 3 amide bonds. The first-order chi connectivity index (χ1) is 39.5. The number of cyclic esters (lactones) is 1. The van der Waals surface area contributed by atoms with Gasteiger partial charge in [0, 0.05) is 105 Å². The number of likely N-dealkylation sites (tertiary alicyclic amines) is 2. The maximum atomic E-state index is 15.3. The number of benzene rings is 2. The number of rotatable bonds is 9. The number of nitrogens with zero attached hydrogens (tertiary/aromatic N) is 7. The van der Waals surface area contributed by atoms with E-state index in [9.17, 15) is 9.59 Å². The predicted octanol–water partition coefficient (Wildman–Crippen LogP) is 9.17. The molecule has 83 heavy (non-hydrogen) atoms. The molecule has 0 radical (unpaired) electrons. The number of nitrogens with one attached hydrogen (secondary N) is 2. The number of amides is 3. The molecule has 3 aromatic rings. The summed E-state index contributed by atoms with van der Waals surface area (Å²) < 4.78 is 65.3. The molecule has 11 rings (SSSR count). The molecule has 6 fully saturated rings. The van der Waals surface area contributed by atoms with Crippen molar-refractivity contribution in [1.29, 1.82) is 0 Å². The quantitative estimate of drug-likeness (QED) is 0.197. The number of carbonyl (C=O) groups is 4. The smallest absolute Gasteiger partial charge is 0.410 e. The second-order valence-electron chi connectivity index (χ2n) is 27.3. The van der Waals surface area contributed by atoms with E-state index in [0.29, 0.717) is 80.3 Å². The molecule has 6 bridgehead atoms. The van der Waals surface area contributed by atoms with Gasteiger partial charge in [-0.05, 0) is 145 Å². The molecule has 5 saturated heterocycles. The van der Waals surface area contributed by atoms with Crippen LogP contribution in [0.5, 0.6) is 0 Å². The number of esters is 1. The largest absolute Gasteiger partial charge is 0.464 e. The fraction of sp³-hybridized carbons (Fsp3) is 0.672. The minimum atomic E-state index is -4.58. The van der Waals surface area contributed by atoms with Gasteiger partial charge in [-0.1, -0.05) is 63.4 Å². The average Bonchev–Trinajstić information content (AvgIpc) is 3.81. The Hall–Kier alpha value is -5.34. The van der Waals surface area contributed by atoms with Gasteiger partial charge in [-0.25, -0.2) is 10.2 Å². The SMILES string of the molecule is CO[C@@H](C)C1=C(c2c3c4cc(ccc4n2CC(F)(F)F)-c2cccc(c2)C[C@H](NC(=O)[C@H](C2CCCC2)N2CC[C@]4(CCN(C(=O)OC(C)(C)C)C4)C2)C(=O)N2CCC[C@H](N2)C(=O)OCC(C)(C)C3)CC(N2CCN3CCCC[C@@H]3C2)C=N1. The Morgan fingerprint density at radius 1 is 0.880 bits per heavy atom. The number of alkyl halides is 3. The van der Waals surface area contributed by atoms with E-state index in [1.807, 2.05) is 84.2 Å². The summed E-state index contributed by atoms with van der Waals surface area (Å²) in [5.74, 6) is -1.01. The number of carbonyl (C=O) groups excluding carboxylic acids is 4. The third-order valence-corrected chi connectivity index (χ3v) is 19.4. The lowest BCUT2D eigenvalue weighted by molar-refractivity contribution is -0.155. The number of piperidine rings is 1. The Kier molecular flexibility index (Phi) is 17.1.